The monoisotopic (exact) mass is 1200 g/mol. The second-order valence-corrected chi connectivity index (χ2v) is 26.7. The molecule has 0 saturated carbocycles. The molecule has 428 valence electrons. The normalized spacial score (nSPS) is 19.8. The molecule has 79 heavy (non-hydrogen) atoms. The van der Waals surface area contributed by atoms with Gasteiger partial charge in [-0.1, -0.05) is 30.7 Å². The number of amides is 2. The lowest BCUT2D eigenvalue weighted by Crippen LogP contribution is -2.33. The number of benzene rings is 4. The summed E-state index contributed by atoms with van der Waals surface area (Å²) in [7, 11) is -21.9. The van der Waals surface area contributed by atoms with Gasteiger partial charge in [-0.05, 0) is 98.3 Å². The highest BCUT2D eigenvalue weighted by atomic mass is 32.2. The number of rotatable bonds is 24. The first-order valence-corrected chi connectivity index (χ1v) is 31.7. The van der Waals surface area contributed by atoms with Crippen molar-refractivity contribution in [1.29, 1.82) is 0 Å². The van der Waals surface area contributed by atoms with Crippen LogP contribution in [-0.4, -0.2) is 144 Å². The number of anilines is 1. The molecular weight excluding hydrogens is 1140 g/mol. The van der Waals surface area contributed by atoms with Crippen LogP contribution in [0.25, 0.3) is 21.5 Å². The third-order valence-corrected chi connectivity index (χ3v) is 18.5. The highest BCUT2D eigenvalue weighted by Crippen LogP contribution is 2.54. The number of nitrogens with zero attached hydrogens (tertiary/aromatic N) is 3. The van der Waals surface area contributed by atoms with Gasteiger partial charge in [0.25, 0.3) is 62.4 Å². The zero-order valence-electron chi connectivity index (χ0n) is 43.1. The van der Waals surface area contributed by atoms with E-state index in [0.717, 1.165) is 12.1 Å². The number of ether oxygens (including phenoxy) is 2. The number of hydroxylamine groups is 2. The molecular formula is C50H58N3O21S5+. The number of unbranched alkanes of at least 4 members (excludes halogenated alkanes) is 2. The molecule has 4 aromatic carbocycles. The molecule has 4 aromatic rings. The molecule has 24 nitrogen and oxygen atoms in total. The molecule has 29 heteroatoms. The Morgan fingerprint density at radius 1 is 0.646 bits per heavy atom. The van der Waals surface area contributed by atoms with Gasteiger partial charge in [-0.25, -0.2) is 4.79 Å². The fourth-order valence-corrected chi connectivity index (χ4v) is 13.8. The van der Waals surface area contributed by atoms with Crippen molar-refractivity contribution in [3.05, 3.63) is 95.7 Å². The Morgan fingerprint density at radius 3 is 1.72 bits per heavy atom. The van der Waals surface area contributed by atoms with E-state index in [0.29, 0.717) is 63.9 Å². The van der Waals surface area contributed by atoms with Crippen LogP contribution >= 0.6 is 0 Å². The Labute approximate surface area is 456 Å². The summed E-state index contributed by atoms with van der Waals surface area (Å²) in [5.41, 5.74) is 0.250. The average molecular weight is 1200 g/mol. The largest absolute Gasteiger partial charge is 0.385 e. The maximum Gasteiger partial charge on any atom is 0.333 e. The Hall–Kier alpha value is -5.83. The topological polar surface area (TPSA) is 360 Å². The third kappa shape index (κ3) is 12.9. The fraction of sp³-hybridized carbons (Fsp3) is 0.400. The first-order valence-electron chi connectivity index (χ1n) is 24.4. The predicted octanol–water partition coefficient (Wildman–Crippen LogP) is 5.63. The summed E-state index contributed by atoms with van der Waals surface area (Å²) in [5, 5.41) is 0.368. The number of fused-ring (bicyclic) bond motifs is 6. The van der Waals surface area contributed by atoms with Crippen molar-refractivity contribution >= 4 is 107 Å². The highest BCUT2D eigenvalue weighted by Gasteiger charge is 2.50. The summed E-state index contributed by atoms with van der Waals surface area (Å²) in [5.74, 6) is -2.71. The zero-order valence-corrected chi connectivity index (χ0v) is 47.1. The van der Waals surface area contributed by atoms with Crippen LogP contribution in [0.3, 0.4) is 0 Å². The lowest BCUT2D eigenvalue weighted by atomic mass is 9.75. The Bertz CT molecular complexity index is 3880. The van der Waals surface area contributed by atoms with Crippen molar-refractivity contribution in [2.45, 2.75) is 102 Å². The minimum Gasteiger partial charge on any atom is -0.385 e. The molecule has 0 aliphatic carbocycles. The quantitative estimate of drug-likeness (QED) is 0.0186. The van der Waals surface area contributed by atoms with Crippen LogP contribution in [0.4, 0.5) is 11.4 Å². The Morgan fingerprint density at radius 2 is 1.19 bits per heavy atom. The third-order valence-electron chi connectivity index (χ3n) is 14.2. The SMILES string of the molecule is COCCC1(C)C(/C=C/C=C/C=C2/N(CCCCCC(=O)ON3C(=O)CCC3=O)c3ccc4c(S(=O)(=O)O)cc(S(=O)(=O)O)cc4c3C2(C)CCOC)=[N+](CCCS(=O)(=O)O)c2ccc3c(S(=O)(=O)O)cc(S(=O)(=O)O)cc3c21. The summed E-state index contributed by atoms with van der Waals surface area (Å²) in [6.07, 6.45) is 9.32. The zero-order chi connectivity index (χ0) is 58.3. The lowest BCUT2D eigenvalue weighted by molar-refractivity contribution is -0.437. The second-order valence-electron chi connectivity index (χ2n) is 19.5. The van der Waals surface area contributed by atoms with Gasteiger partial charge in [0.2, 0.25) is 5.69 Å². The summed E-state index contributed by atoms with van der Waals surface area (Å²) in [6.45, 7) is 3.91. The van der Waals surface area contributed by atoms with Crippen molar-refractivity contribution < 1.29 is 98.1 Å². The number of carbonyl (C=O) groups is 3. The molecule has 0 aromatic heterocycles. The molecule has 0 bridgehead atoms. The molecule has 0 spiro atoms. The van der Waals surface area contributed by atoms with Gasteiger partial charge in [0.05, 0.1) is 21.0 Å². The second kappa shape index (κ2) is 23.0. The van der Waals surface area contributed by atoms with Crippen molar-refractivity contribution in [1.82, 2.24) is 5.06 Å². The minimum atomic E-state index is -5.11. The maximum atomic E-state index is 12.8. The van der Waals surface area contributed by atoms with E-state index in [9.17, 15) is 79.2 Å². The van der Waals surface area contributed by atoms with E-state index in [1.54, 1.807) is 47.9 Å². The molecule has 3 aliphatic rings. The van der Waals surface area contributed by atoms with E-state index in [1.807, 2.05) is 11.8 Å². The van der Waals surface area contributed by atoms with Crippen LogP contribution in [0, 0.1) is 0 Å². The number of allylic oxidation sites excluding steroid dienone is 6. The van der Waals surface area contributed by atoms with Gasteiger partial charge < -0.3 is 19.2 Å². The summed E-state index contributed by atoms with van der Waals surface area (Å²) >= 11 is 0. The molecule has 3 heterocycles. The van der Waals surface area contributed by atoms with E-state index < -0.39 is 105 Å². The Balaban J connectivity index is 1.35. The standard InChI is InChI=1S/C50H57N3O21S5/c1-49(21-25-72-3)42(51(23-10-6-9-14-46(56)74-53-44(54)19-20-45(53)55)38-17-15-34-36(47(38)49)28-32(76(60,61)62)30-40(34)78(66,67)68)12-7-5-8-13-43-50(2,22-26-73-4)48-37-29-33(77(63,64)65)31-41(79(69,70)71)35(37)16-18-39(48)52(43)24-11-27-75(57,58)59/h5,7-8,12-13,15-18,28-31H,6,9-11,14,19-27H2,1-4H3,(H4-,57,58,59,60,61,62,63,64,65,66,67,68,69,70,71)/p+1. The predicted molar refractivity (Wildman–Crippen MR) is 285 cm³/mol. The van der Waals surface area contributed by atoms with E-state index >= 15 is 0 Å². The average Bonchev–Trinajstić information content (AvgIpc) is 3.40. The number of carbonyl (C=O) groups excluding carboxylic acids is 3. The van der Waals surface area contributed by atoms with Crippen LogP contribution in [0.1, 0.15) is 82.8 Å². The van der Waals surface area contributed by atoms with E-state index in [2.05, 4.69) is 0 Å². The maximum absolute atomic E-state index is 12.8. The molecule has 7 rings (SSSR count). The van der Waals surface area contributed by atoms with Crippen LogP contribution in [0.5, 0.6) is 0 Å². The van der Waals surface area contributed by atoms with Crippen LogP contribution < -0.4 is 4.90 Å². The molecule has 5 N–H and O–H groups in total. The van der Waals surface area contributed by atoms with Gasteiger partial charge >= 0.3 is 5.97 Å². The van der Waals surface area contributed by atoms with Gasteiger partial charge in [0.15, 0.2) is 5.71 Å². The van der Waals surface area contributed by atoms with Gasteiger partial charge in [0.1, 0.15) is 16.3 Å². The molecule has 2 unspecified atom stereocenters. The van der Waals surface area contributed by atoms with Gasteiger partial charge in [-0.15, -0.1) is 5.06 Å². The van der Waals surface area contributed by atoms with Crippen LogP contribution in [-0.2, 0) is 90.1 Å². The van der Waals surface area contributed by atoms with Crippen LogP contribution in [0.15, 0.2) is 104 Å². The Kier molecular flexibility index (Phi) is 17.7. The van der Waals surface area contributed by atoms with E-state index in [4.69, 9.17) is 14.3 Å². The van der Waals surface area contributed by atoms with Gasteiger partial charge in [-0.2, -0.15) is 46.7 Å². The molecule has 0 radical (unpaired) electrons. The summed E-state index contributed by atoms with van der Waals surface area (Å²) in [4.78, 5) is 40.3. The highest BCUT2D eigenvalue weighted by molar-refractivity contribution is 7.87. The van der Waals surface area contributed by atoms with Crippen molar-refractivity contribution in [3.8, 4) is 0 Å². The van der Waals surface area contributed by atoms with Crippen molar-refractivity contribution in [3.63, 3.8) is 0 Å². The van der Waals surface area contributed by atoms with Crippen molar-refractivity contribution in [2.75, 3.05) is 51.2 Å². The first-order chi connectivity index (χ1) is 36.8. The molecule has 2 atom stereocenters. The summed E-state index contributed by atoms with van der Waals surface area (Å²) in [6, 6.07) is 9.28. The fourth-order valence-electron chi connectivity index (χ4n) is 10.6. The number of hydrogen-bond donors (Lipinski definition) is 5. The first kappa shape index (κ1) is 60.8. The van der Waals surface area contributed by atoms with Crippen LogP contribution in [0.2, 0.25) is 0 Å². The number of hydrogen-bond acceptors (Lipinski definition) is 17. The number of methoxy groups -OCH3 is 2. The summed E-state index contributed by atoms with van der Waals surface area (Å²) < 4.78 is 189. The lowest BCUT2D eigenvalue weighted by Gasteiger charge is -2.30. The van der Waals surface area contributed by atoms with Gasteiger partial charge in [-0.3, -0.25) is 32.4 Å². The smallest absolute Gasteiger partial charge is 0.333 e. The molecule has 2 amide bonds. The molecule has 3 aliphatic heterocycles. The minimum absolute atomic E-state index is 0.00785. The molecule has 1 fully saturated rings. The van der Waals surface area contributed by atoms with Crippen molar-refractivity contribution in [2.24, 2.45) is 0 Å². The van der Waals surface area contributed by atoms with E-state index in [1.165, 1.54) is 32.4 Å². The number of imide groups is 1. The van der Waals surface area contributed by atoms with E-state index in [-0.39, 0.29) is 92.8 Å². The van der Waals surface area contributed by atoms with Gasteiger partial charge in [0, 0.05) is 105 Å². The molecule has 1 saturated heterocycles.